The maximum atomic E-state index is 5.31. The van der Waals surface area contributed by atoms with Crippen molar-refractivity contribution in [2.24, 2.45) is 0 Å². The van der Waals surface area contributed by atoms with Gasteiger partial charge in [-0.15, -0.1) is 11.3 Å². The first-order valence-corrected chi connectivity index (χ1v) is 21.9. The molecule has 2 aliphatic carbocycles. The van der Waals surface area contributed by atoms with Gasteiger partial charge in [0, 0.05) is 70.4 Å². The molecule has 6 aromatic carbocycles. The molecule has 10 aromatic rings. The number of allylic oxidation sites excluding steroid dienone is 8. The number of hydrogen-bond acceptors (Lipinski definition) is 7. The molecule has 62 heavy (non-hydrogen) atoms. The molecule has 7 nitrogen and oxygen atoms in total. The summed E-state index contributed by atoms with van der Waals surface area (Å²) in [5, 5.41) is 4.59. The third kappa shape index (κ3) is 6.26. The molecule has 294 valence electrons. The van der Waals surface area contributed by atoms with Gasteiger partial charge in [-0.3, -0.25) is 0 Å². The van der Waals surface area contributed by atoms with Crippen molar-refractivity contribution in [2.75, 3.05) is 0 Å². The normalized spacial score (nSPS) is 15.0. The lowest BCUT2D eigenvalue weighted by molar-refractivity contribution is 0.757. The summed E-state index contributed by atoms with van der Waals surface area (Å²) in [7, 11) is 0. The zero-order chi connectivity index (χ0) is 41.0. The number of aromatic nitrogens is 7. The monoisotopic (exact) mass is 815 g/mol. The highest BCUT2D eigenvalue weighted by Gasteiger charge is 2.23. The second-order valence-corrected chi connectivity index (χ2v) is 16.7. The van der Waals surface area contributed by atoms with Crippen LogP contribution in [0.5, 0.6) is 0 Å². The summed E-state index contributed by atoms with van der Waals surface area (Å²) < 4.78 is 4.56. The van der Waals surface area contributed by atoms with Crippen molar-refractivity contribution in [3.05, 3.63) is 194 Å². The third-order valence-electron chi connectivity index (χ3n) is 11.8. The van der Waals surface area contributed by atoms with E-state index >= 15 is 0 Å². The molecule has 0 amide bonds. The van der Waals surface area contributed by atoms with E-state index in [2.05, 4.69) is 168 Å². The van der Waals surface area contributed by atoms with Crippen molar-refractivity contribution < 1.29 is 0 Å². The van der Waals surface area contributed by atoms with E-state index in [0.29, 0.717) is 23.3 Å². The van der Waals surface area contributed by atoms with Crippen LogP contribution in [0, 0.1) is 0 Å². The smallest absolute Gasteiger partial charge is 0.165 e. The molecular formula is C54H37N7S. The van der Waals surface area contributed by atoms with E-state index in [-0.39, 0.29) is 5.92 Å². The van der Waals surface area contributed by atoms with Gasteiger partial charge in [-0.05, 0) is 55.7 Å². The summed E-state index contributed by atoms with van der Waals surface area (Å²) in [6.07, 6.45) is 18.0. The van der Waals surface area contributed by atoms with Crippen molar-refractivity contribution in [1.82, 2.24) is 34.5 Å². The van der Waals surface area contributed by atoms with E-state index in [9.17, 15) is 0 Å². The largest absolute Gasteiger partial charge is 0.309 e. The Balaban J connectivity index is 1.04. The minimum absolute atomic E-state index is 0.0814. The van der Waals surface area contributed by atoms with E-state index in [4.69, 9.17) is 29.9 Å². The lowest BCUT2D eigenvalue weighted by atomic mass is 9.99. The van der Waals surface area contributed by atoms with Crippen molar-refractivity contribution in [2.45, 2.75) is 25.2 Å². The fourth-order valence-corrected chi connectivity index (χ4v) is 10.1. The van der Waals surface area contributed by atoms with Gasteiger partial charge >= 0.3 is 0 Å². The van der Waals surface area contributed by atoms with Crippen LogP contribution in [0.15, 0.2) is 182 Å². The zero-order valence-electron chi connectivity index (χ0n) is 33.6. The highest BCUT2D eigenvalue weighted by molar-refractivity contribution is 7.26. The molecule has 0 bridgehead atoms. The molecule has 1 atom stereocenters. The van der Waals surface area contributed by atoms with Crippen LogP contribution in [0.25, 0.3) is 98.8 Å². The SMILES string of the molecule is C1=CCC(c2nc(C3=CCCC=C3)nc(-c3cccc4sc5c(-c6nc(-c7ccccc7)nc(-c7ccc8c9ccccc9n(-c9ccccc9)c8c7)n6)cccc5c34)n2)C=C1. The molecule has 8 heteroatoms. The summed E-state index contributed by atoms with van der Waals surface area (Å²) in [6.45, 7) is 0. The second kappa shape index (κ2) is 15.1. The standard InChI is InChI=1S/C54H37N7S/c1-5-17-34(18-6-1)49-55-50(35-19-7-2-8-20-35)58-53(57-49)42-27-16-30-46-47(42)41-26-15-28-43(48(41)62-46)54-59-51(36-21-9-3-10-22-36)56-52(60-54)37-31-32-40-39-25-13-14-29-44(39)61(45(40)33-37)38-23-11-4-12-24-38/h1,3-7,9-17,19-34H,2,8,18H2. The van der Waals surface area contributed by atoms with E-state index in [0.717, 1.165) is 95.6 Å². The topological polar surface area (TPSA) is 82.3 Å². The predicted octanol–water partition coefficient (Wildman–Crippen LogP) is 13.5. The summed E-state index contributed by atoms with van der Waals surface area (Å²) in [4.78, 5) is 31.1. The zero-order valence-corrected chi connectivity index (χ0v) is 34.4. The molecule has 4 aromatic heterocycles. The summed E-state index contributed by atoms with van der Waals surface area (Å²) in [5.41, 5.74) is 8.16. The molecule has 12 rings (SSSR count). The van der Waals surface area contributed by atoms with Crippen LogP contribution in [0.2, 0.25) is 0 Å². The Morgan fingerprint density at radius 2 is 1.23 bits per heavy atom. The predicted molar refractivity (Wildman–Crippen MR) is 254 cm³/mol. The summed E-state index contributed by atoms with van der Waals surface area (Å²) >= 11 is 1.75. The quantitative estimate of drug-likeness (QED) is 0.159. The van der Waals surface area contributed by atoms with E-state index in [1.807, 2.05) is 18.2 Å². The fourth-order valence-electron chi connectivity index (χ4n) is 8.88. The number of benzene rings is 6. The maximum absolute atomic E-state index is 5.31. The first-order chi connectivity index (χ1) is 30.7. The van der Waals surface area contributed by atoms with Crippen molar-refractivity contribution >= 4 is 58.9 Å². The van der Waals surface area contributed by atoms with Gasteiger partial charge in [-0.25, -0.2) is 29.9 Å². The fraction of sp³-hybridized carbons (Fsp3) is 0.0741. The Morgan fingerprint density at radius 1 is 0.516 bits per heavy atom. The molecular weight excluding hydrogens is 779 g/mol. The first kappa shape index (κ1) is 36.2. The highest BCUT2D eigenvalue weighted by atomic mass is 32.1. The van der Waals surface area contributed by atoms with E-state index < -0.39 is 0 Å². The van der Waals surface area contributed by atoms with Crippen LogP contribution in [0.3, 0.4) is 0 Å². The van der Waals surface area contributed by atoms with Crippen molar-refractivity contribution in [1.29, 1.82) is 0 Å². The Kier molecular flexibility index (Phi) is 8.81. The summed E-state index contributed by atoms with van der Waals surface area (Å²) in [5.74, 6) is 4.12. The molecule has 2 aliphatic rings. The Labute approximate surface area is 361 Å². The van der Waals surface area contributed by atoms with Crippen LogP contribution in [-0.4, -0.2) is 34.5 Å². The number of fused-ring (bicyclic) bond motifs is 6. The molecule has 0 N–H and O–H groups in total. The second-order valence-electron chi connectivity index (χ2n) is 15.7. The van der Waals surface area contributed by atoms with Gasteiger partial charge in [-0.2, -0.15) is 0 Å². The van der Waals surface area contributed by atoms with E-state index in [1.54, 1.807) is 11.3 Å². The molecule has 4 heterocycles. The van der Waals surface area contributed by atoms with Crippen LogP contribution in [-0.2, 0) is 0 Å². The summed E-state index contributed by atoms with van der Waals surface area (Å²) in [6, 6.07) is 48.7. The molecule has 0 spiro atoms. The average Bonchev–Trinajstić information content (AvgIpc) is 3.91. The lowest BCUT2D eigenvalue weighted by Crippen LogP contribution is -2.09. The molecule has 1 unspecified atom stereocenters. The van der Waals surface area contributed by atoms with Gasteiger partial charge in [0.1, 0.15) is 5.82 Å². The first-order valence-electron chi connectivity index (χ1n) is 21.1. The Hall–Kier alpha value is -7.68. The molecule has 0 aliphatic heterocycles. The lowest BCUT2D eigenvalue weighted by Gasteiger charge is -2.15. The molecule has 0 fully saturated rings. The van der Waals surface area contributed by atoms with Crippen molar-refractivity contribution in [3.63, 3.8) is 0 Å². The van der Waals surface area contributed by atoms with Crippen LogP contribution >= 0.6 is 11.3 Å². The van der Waals surface area contributed by atoms with Gasteiger partial charge in [0.25, 0.3) is 0 Å². The number of para-hydroxylation sites is 2. The average molecular weight is 816 g/mol. The van der Waals surface area contributed by atoms with Gasteiger partial charge < -0.3 is 4.57 Å². The molecule has 0 saturated carbocycles. The number of thiophene rings is 1. The van der Waals surface area contributed by atoms with Crippen LogP contribution < -0.4 is 0 Å². The maximum Gasteiger partial charge on any atom is 0.165 e. The highest BCUT2D eigenvalue weighted by Crippen LogP contribution is 2.44. The Bertz CT molecular complexity index is 3500. The van der Waals surface area contributed by atoms with Gasteiger partial charge in [0.05, 0.1) is 11.0 Å². The Morgan fingerprint density at radius 3 is 2.06 bits per heavy atom. The van der Waals surface area contributed by atoms with Gasteiger partial charge in [0.2, 0.25) is 0 Å². The third-order valence-corrected chi connectivity index (χ3v) is 13.0. The minimum atomic E-state index is 0.0814. The molecule has 0 saturated heterocycles. The van der Waals surface area contributed by atoms with Crippen LogP contribution in [0.1, 0.15) is 36.8 Å². The van der Waals surface area contributed by atoms with E-state index in [1.165, 1.54) is 10.8 Å². The number of rotatable bonds is 7. The molecule has 0 radical (unpaired) electrons. The van der Waals surface area contributed by atoms with Crippen molar-refractivity contribution in [3.8, 4) is 51.2 Å². The van der Waals surface area contributed by atoms with Gasteiger partial charge in [-0.1, -0.05) is 146 Å². The van der Waals surface area contributed by atoms with Gasteiger partial charge in [0.15, 0.2) is 29.1 Å². The minimum Gasteiger partial charge on any atom is -0.309 e. The van der Waals surface area contributed by atoms with Crippen LogP contribution in [0.4, 0.5) is 0 Å². The number of hydrogen-bond donors (Lipinski definition) is 0. The number of nitrogens with zero attached hydrogens (tertiary/aromatic N) is 7.